The van der Waals surface area contributed by atoms with Crippen LogP contribution in [-0.2, 0) is 24.8 Å². The van der Waals surface area contributed by atoms with E-state index in [-0.39, 0.29) is 28.8 Å². The molecule has 0 unspecified atom stereocenters. The first kappa shape index (κ1) is 23.8. The molecule has 1 amide bonds. The average Bonchev–Trinajstić information content (AvgIpc) is 3.36. The lowest BCUT2D eigenvalue weighted by Gasteiger charge is -2.31. The Morgan fingerprint density at radius 2 is 1.48 bits per heavy atom. The molecule has 1 N–H and O–H groups in total. The highest BCUT2D eigenvalue weighted by atomic mass is 32.2. The number of nitrogens with one attached hydrogen (secondary N) is 1. The van der Waals surface area contributed by atoms with Gasteiger partial charge in [0.2, 0.25) is 26.0 Å². The Labute approximate surface area is 193 Å². The van der Waals surface area contributed by atoms with Crippen LogP contribution in [0.25, 0.3) is 0 Å². The number of rotatable bonds is 6. The van der Waals surface area contributed by atoms with E-state index in [0.29, 0.717) is 31.6 Å². The maximum Gasteiger partial charge on any atom is 0.243 e. The number of hydrogen-bond acceptors (Lipinski definition) is 5. The number of piperidine rings is 1. The maximum absolute atomic E-state index is 13.2. The number of sulfonamides is 2. The van der Waals surface area contributed by atoms with Gasteiger partial charge >= 0.3 is 0 Å². The Kier molecular flexibility index (Phi) is 6.85. The summed E-state index contributed by atoms with van der Waals surface area (Å²) in [5.41, 5.74) is 0.346. The molecule has 0 saturated carbocycles. The molecule has 178 valence electrons. The predicted octanol–water partition coefficient (Wildman–Crippen LogP) is 2.65. The van der Waals surface area contributed by atoms with E-state index in [2.05, 4.69) is 5.32 Å². The number of carbonyl (C=O) groups is 1. The van der Waals surface area contributed by atoms with E-state index in [1.54, 1.807) is 12.1 Å². The predicted molar refractivity (Wildman–Crippen MR) is 121 cm³/mol. The summed E-state index contributed by atoms with van der Waals surface area (Å²) in [4.78, 5) is 13.0. The summed E-state index contributed by atoms with van der Waals surface area (Å²) in [6, 6.07) is 10.7. The Morgan fingerprint density at radius 3 is 2.18 bits per heavy atom. The van der Waals surface area contributed by atoms with Gasteiger partial charge in [0.1, 0.15) is 5.82 Å². The molecule has 2 saturated heterocycles. The van der Waals surface area contributed by atoms with Gasteiger partial charge in [-0.25, -0.2) is 21.2 Å². The van der Waals surface area contributed by atoms with Crippen molar-refractivity contribution in [3.8, 4) is 0 Å². The first-order valence-electron chi connectivity index (χ1n) is 10.8. The summed E-state index contributed by atoms with van der Waals surface area (Å²) in [7, 11) is -7.47. The van der Waals surface area contributed by atoms with Gasteiger partial charge in [-0.3, -0.25) is 4.79 Å². The number of hydrogen-bond donors (Lipinski definition) is 1. The SMILES string of the molecule is O=C(Nc1cccc(S(=O)(=O)N2CCCC2)c1)[C@H]1CCCN(S(=O)(=O)c2ccc(F)cc2)C1. The van der Waals surface area contributed by atoms with Crippen molar-refractivity contribution in [1.29, 1.82) is 0 Å². The van der Waals surface area contributed by atoms with Crippen molar-refractivity contribution in [3.05, 3.63) is 54.3 Å². The number of benzene rings is 2. The lowest BCUT2D eigenvalue weighted by atomic mass is 9.99. The van der Waals surface area contributed by atoms with Gasteiger partial charge in [-0.1, -0.05) is 6.07 Å². The lowest BCUT2D eigenvalue weighted by molar-refractivity contribution is -0.120. The van der Waals surface area contributed by atoms with Gasteiger partial charge in [0.05, 0.1) is 15.7 Å². The molecule has 2 aliphatic heterocycles. The molecule has 2 aromatic rings. The molecule has 2 fully saturated rings. The Balaban J connectivity index is 1.46. The second-order valence-corrected chi connectivity index (χ2v) is 12.2. The second kappa shape index (κ2) is 9.49. The molecule has 2 aromatic carbocycles. The Bertz CT molecular complexity index is 1230. The summed E-state index contributed by atoms with van der Waals surface area (Å²) >= 11 is 0. The third kappa shape index (κ3) is 5.11. The zero-order chi connectivity index (χ0) is 23.6. The molecule has 0 spiro atoms. The van der Waals surface area contributed by atoms with Crippen LogP contribution in [0.3, 0.4) is 0 Å². The summed E-state index contributed by atoms with van der Waals surface area (Å²) in [6.45, 7) is 1.24. The number of amides is 1. The molecule has 1 atom stereocenters. The normalized spacial score (nSPS) is 20.6. The lowest BCUT2D eigenvalue weighted by Crippen LogP contribution is -2.43. The number of carbonyl (C=O) groups excluding carboxylic acids is 1. The average molecular weight is 496 g/mol. The number of anilines is 1. The molecule has 2 heterocycles. The highest BCUT2D eigenvalue weighted by molar-refractivity contribution is 7.89. The monoisotopic (exact) mass is 495 g/mol. The fraction of sp³-hybridized carbons (Fsp3) is 0.409. The molecule has 33 heavy (non-hydrogen) atoms. The molecule has 0 bridgehead atoms. The van der Waals surface area contributed by atoms with Gasteiger partial charge < -0.3 is 5.32 Å². The van der Waals surface area contributed by atoms with Gasteiger partial charge in [0.25, 0.3) is 0 Å². The molecule has 4 rings (SSSR count). The van der Waals surface area contributed by atoms with Crippen LogP contribution in [0, 0.1) is 11.7 Å². The summed E-state index contributed by atoms with van der Waals surface area (Å²) in [6.07, 6.45) is 2.66. The van der Waals surface area contributed by atoms with Crippen LogP contribution in [0.4, 0.5) is 10.1 Å². The van der Waals surface area contributed by atoms with Gasteiger partial charge in [-0.15, -0.1) is 0 Å². The van der Waals surface area contributed by atoms with Gasteiger partial charge in [0, 0.05) is 31.9 Å². The fourth-order valence-electron chi connectivity index (χ4n) is 4.19. The van der Waals surface area contributed by atoms with E-state index in [4.69, 9.17) is 0 Å². The first-order chi connectivity index (χ1) is 15.7. The zero-order valence-electron chi connectivity index (χ0n) is 18.0. The van der Waals surface area contributed by atoms with E-state index in [9.17, 15) is 26.0 Å². The Morgan fingerprint density at radius 1 is 0.848 bits per heavy atom. The summed E-state index contributed by atoms with van der Waals surface area (Å²) in [5.74, 6) is -1.49. The third-order valence-corrected chi connectivity index (χ3v) is 9.78. The Hall–Kier alpha value is -2.34. The minimum Gasteiger partial charge on any atom is -0.326 e. The highest BCUT2D eigenvalue weighted by Crippen LogP contribution is 2.26. The first-order valence-corrected chi connectivity index (χ1v) is 13.7. The maximum atomic E-state index is 13.2. The minimum atomic E-state index is -3.85. The highest BCUT2D eigenvalue weighted by Gasteiger charge is 2.33. The van der Waals surface area contributed by atoms with Crippen molar-refractivity contribution >= 4 is 31.6 Å². The number of halogens is 1. The van der Waals surface area contributed by atoms with Crippen molar-refractivity contribution in [2.75, 3.05) is 31.5 Å². The summed E-state index contributed by atoms with van der Waals surface area (Å²) < 4.78 is 67.3. The minimum absolute atomic E-state index is 0.00267. The molecular formula is C22H26FN3O5S2. The van der Waals surface area contributed by atoms with Crippen LogP contribution in [0.15, 0.2) is 58.3 Å². The van der Waals surface area contributed by atoms with Crippen LogP contribution in [0.1, 0.15) is 25.7 Å². The van der Waals surface area contributed by atoms with Crippen LogP contribution in [0.5, 0.6) is 0 Å². The molecule has 0 aromatic heterocycles. The van der Waals surface area contributed by atoms with E-state index >= 15 is 0 Å². The van der Waals surface area contributed by atoms with Crippen molar-refractivity contribution in [3.63, 3.8) is 0 Å². The summed E-state index contributed by atoms with van der Waals surface area (Å²) in [5, 5.41) is 2.74. The van der Waals surface area contributed by atoms with Gasteiger partial charge in [-0.2, -0.15) is 8.61 Å². The molecule has 11 heteroatoms. The zero-order valence-corrected chi connectivity index (χ0v) is 19.6. The molecule has 2 aliphatic rings. The van der Waals surface area contributed by atoms with Crippen LogP contribution >= 0.6 is 0 Å². The topological polar surface area (TPSA) is 104 Å². The van der Waals surface area contributed by atoms with Crippen LogP contribution < -0.4 is 5.32 Å². The quantitative estimate of drug-likeness (QED) is 0.664. The van der Waals surface area contributed by atoms with Crippen molar-refractivity contribution < 1.29 is 26.0 Å². The molecular weight excluding hydrogens is 469 g/mol. The third-order valence-electron chi connectivity index (χ3n) is 6.01. The van der Waals surface area contributed by atoms with E-state index < -0.39 is 31.8 Å². The van der Waals surface area contributed by atoms with Gasteiger partial charge in [0.15, 0.2) is 0 Å². The van der Waals surface area contributed by atoms with Crippen LogP contribution in [0.2, 0.25) is 0 Å². The van der Waals surface area contributed by atoms with Crippen molar-refractivity contribution in [2.24, 2.45) is 5.92 Å². The van der Waals surface area contributed by atoms with Crippen LogP contribution in [-0.4, -0.2) is 57.5 Å². The smallest absolute Gasteiger partial charge is 0.243 e. The second-order valence-electron chi connectivity index (χ2n) is 8.28. The molecule has 0 aliphatic carbocycles. The standard InChI is InChI=1S/C22H26FN3O5S2/c23-18-8-10-20(11-9-18)32(28,29)26-14-4-5-17(16-26)22(27)24-19-6-3-7-21(15-19)33(30,31)25-12-1-2-13-25/h3,6-11,15,17H,1-2,4-5,12-14,16H2,(H,24,27)/t17-/m0/s1. The van der Waals surface area contributed by atoms with Crippen molar-refractivity contribution in [1.82, 2.24) is 8.61 Å². The van der Waals surface area contributed by atoms with E-state index in [1.807, 2.05) is 0 Å². The molecule has 0 radical (unpaired) electrons. The van der Waals surface area contributed by atoms with Crippen molar-refractivity contribution in [2.45, 2.75) is 35.5 Å². The largest absolute Gasteiger partial charge is 0.326 e. The van der Waals surface area contributed by atoms with E-state index in [0.717, 1.165) is 25.0 Å². The number of nitrogens with zero attached hydrogens (tertiary/aromatic N) is 2. The van der Waals surface area contributed by atoms with Gasteiger partial charge in [-0.05, 0) is 68.1 Å². The van der Waals surface area contributed by atoms with E-state index in [1.165, 1.54) is 32.9 Å². The fourth-order valence-corrected chi connectivity index (χ4v) is 7.27. The molecule has 8 nitrogen and oxygen atoms in total.